The fourth-order valence-electron chi connectivity index (χ4n) is 8.58. The molecule has 0 unspecified atom stereocenters. The first-order valence-electron chi connectivity index (χ1n) is 17.7. The third-order valence-electron chi connectivity index (χ3n) is 11.7. The summed E-state index contributed by atoms with van der Waals surface area (Å²) in [6.07, 6.45) is 7.19. The van der Waals surface area contributed by atoms with E-state index >= 15 is 0 Å². The lowest BCUT2D eigenvalue weighted by Crippen LogP contribution is -2.51. The molecule has 4 amide bonds. The Morgan fingerprint density at radius 1 is 1.00 bits per heavy atom. The van der Waals surface area contributed by atoms with Crippen LogP contribution in [0, 0.1) is 18.3 Å². The average Bonchev–Trinajstić information content (AvgIpc) is 3.75. The lowest BCUT2D eigenvalue weighted by atomic mass is 9.77. The lowest BCUT2D eigenvalue weighted by molar-refractivity contribution is -0.143. The second-order valence-corrected chi connectivity index (χ2v) is 14.7. The predicted molar refractivity (Wildman–Crippen MR) is 184 cm³/mol. The number of piperidine rings is 2. The molecule has 2 N–H and O–H groups in total. The number of hydrogen-bond donors (Lipinski definition) is 2. The Bertz CT molecular complexity index is 1670. The number of fused-ring (bicyclic) bond motifs is 3. The van der Waals surface area contributed by atoms with E-state index in [2.05, 4.69) is 39.7 Å². The molecule has 6 heterocycles. The summed E-state index contributed by atoms with van der Waals surface area (Å²) in [5.74, 6) is 0.0966. The molecule has 0 saturated carbocycles. The van der Waals surface area contributed by atoms with Crippen molar-refractivity contribution in [2.24, 2.45) is 16.3 Å². The number of ether oxygens (including phenoxy) is 1. The van der Waals surface area contributed by atoms with Gasteiger partial charge in [-0.25, -0.2) is 9.78 Å². The molecule has 5 aliphatic heterocycles. The van der Waals surface area contributed by atoms with Crippen molar-refractivity contribution in [1.29, 1.82) is 0 Å². The molecule has 1 aromatic heterocycles. The van der Waals surface area contributed by atoms with Gasteiger partial charge in [0.1, 0.15) is 11.4 Å². The third-order valence-corrected chi connectivity index (χ3v) is 11.7. The van der Waals surface area contributed by atoms with Crippen molar-refractivity contribution in [3.63, 3.8) is 0 Å². The van der Waals surface area contributed by atoms with Crippen LogP contribution in [0.2, 0.25) is 0 Å². The van der Waals surface area contributed by atoms with Gasteiger partial charge in [0.25, 0.3) is 0 Å². The van der Waals surface area contributed by atoms with Gasteiger partial charge in [-0.2, -0.15) is 0 Å². The summed E-state index contributed by atoms with van der Waals surface area (Å²) in [6.45, 7) is 8.22. The second kappa shape index (κ2) is 13.2. The number of aryl methyl sites for hydroxylation is 1. The molecule has 2 aromatic rings. The number of aromatic nitrogens is 1. The molecule has 3 saturated heterocycles. The van der Waals surface area contributed by atoms with E-state index in [9.17, 15) is 19.2 Å². The minimum atomic E-state index is -0.823. The summed E-state index contributed by atoms with van der Waals surface area (Å²) in [7, 11) is 1.80. The number of hydrogen-bond acceptors (Lipinski definition) is 8. The number of aliphatic imine (C=N–C) groups is 1. The Labute approximate surface area is 287 Å². The van der Waals surface area contributed by atoms with Gasteiger partial charge in [0.15, 0.2) is 0 Å². The molecular formula is C37H47N7O5. The number of carbonyl (C=O) groups is 4. The molecule has 12 nitrogen and oxygen atoms in total. The van der Waals surface area contributed by atoms with E-state index < -0.39 is 17.6 Å². The molecule has 0 bridgehead atoms. The number of nitrogens with zero attached hydrogens (tertiary/aromatic N) is 5. The summed E-state index contributed by atoms with van der Waals surface area (Å²) in [4.78, 5) is 68.1. The number of likely N-dealkylation sites (N-methyl/N-ethyl adjacent to an activating group) is 1. The standard InChI is InChI=1S/C37H47N7O5/c1-24-17-26(19-28-21-39-22-29(24)28)18-27(34(47)44-14-8-36(23-44)6-12-43(13-7-36)33(46)25(2)38-3)20-31(45)42-15-9-37(10-16-42)30-5-4-11-40-32(30)41-35(48)49-37/h4-5,11,17,19,21,25,27,38H,6-10,12-16,18,20,22-23H2,1-3H3,(H,40,41,48)/t25-,27+/m1/s1. The normalized spacial score (nSPS) is 21.6. The maximum absolute atomic E-state index is 14.4. The van der Waals surface area contributed by atoms with Gasteiger partial charge in [0.05, 0.1) is 18.5 Å². The van der Waals surface area contributed by atoms with E-state index in [1.54, 1.807) is 13.2 Å². The molecule has 260 valence electrons. The first-order chi connectivity index (χ1) is 23.6. The van der Waals surface area contributed by atoms with Crippen molar-refractivity contribution >= 4 is 35.8 Å². The molecule has 3 fully saturated rings. The topological polar surface area (TPSA) is 137 Å². The van der Waals surface area contributed by atoms with E-state index in [4.69, 9.17) is 4.74 Å². The molecule has 12 heteroatoms. The monoisotopic (exact) mass is 669 g/mol. The molecule has 49 heavy (non-hydrogen) atoms. The summed E-state index contributed by atoms with van der Waals surface area (Å²) in [5, 5.41) is 5.73. The fourth-order valence-corrected chi connectivity index (χ4v) is 8.58. The van der Waals surface area contributed by atoms with Crippen LogP contribution in [0.3, 0.4) is 0 Å². The van der Waals surface area contributed by atoms with E-state index in [0.717, 1.165) is 41.5 Å². The number of anilines is 1. The van der Waals surface area contributed by atoms with Gasteiger partial charge in [0, 0.05) is 76.5 Å². The largest absolute Gasteiger partial charge is 0.437 e. The minimum absolute atomic E-state index is 0.00310. The number of likely N-dealkylation sites (tertiary alicyclic amines) is 3. The second-order valence-electron chi connectivity index (χ2n) is 14.7. The Balaban J connectivity index is 1.05. The van der Waals surface area contributed by atoms with E-state index in [-0.39, 0.29) is 35.6 Å². The molecule has 0 radical (unpaired) electrons. The maximum atomic E-state index is 14.4. The van der Waals surface area contributed by atoms with Crippen LogP contribution in [0.25, 0.3) is 0 Å². The number of carbonyl (C=O) groups excluding carboxylic acids is 4. The molecule has 0 aliphatic carbocycles. The number of amides is 4. The highest BCUT2D eigenvalue weighted by atomic mass is 16.6. The Kier molecular flexibility index (Phi) is 8.93. The zero-order chi connectivity index (χ0) is 34.3. The molecule has 7 rings (SSSR count). The number of rotatable bonds is 7. The first-order valence-corrected chi connectivity index (χ1v) is 17.7. The highest BCUT2D eigenvalue weighted by Crippen LogP contribution is 2.44. The fraction of sp³-hybridized carbons (Fsp3) is 0.568. The van der Waals surface area contributed by atoms with Crippen LogP contribution in [0.15, 0.2) is 35.5 Å². The molecule has 2 spiro atoms. The third kappa shape index (κ3) is 6.42. The van der Waals surface area contributed by atoms with E-state index in [1.165, 1.54) is 5.56 Å². The van der Waals surface area contributed by atoms with Crippen molar-refractivity contribution in [1.82, 2.24) is 25.0 Å². The molecular weight excluding hydrogens is 622 g/mol. The summed E-state index contributed by atoms with van der Waals surface area (Å²) in [5.41, 5.74) is 4.52. The van der Waals surface area contributed by atoms with Gasteiger partial charge in [0.2, 0.25) is 17.7 Å². The molecule has 5 aliphatic rings. The zero-order valence-electron chi connectivity index (χ0n) is 28.8. The highest BCUT2D eigenvalue weighted by Gasteiger charge is 2.47. The Hall–Kier alpha value is -4.32. The maximum Gasteiger partial charge on any atom is 0.413 e. The number of pyridine rings is 1. The van der Waals surface area contributed by atoms with Crippen LogP contribution in [-0.4, -0.2) is 102 Å². The van der Waals surface area contributed by atoms with Crippen LogP contribution in [-0.2, 0) is 37.7 Å². The Morgan fingerprint density at radius 2 is 1.71 bits per heavy atom. The highest BCUT2D eigenvalue weighted by molar-refractivity contribution is 5.89. The number of benzene rings is 1. The van der Waals surface area contributed by atoms with Gasteiger partial charge in [-0.1, -0.05) is 6.07 Å². The molecule has 2 atom stereocenters. The number of nitrogens with one attached hydrogen (secondary N) is 2. The predicted octanol–water partition coefficient (Wildman–Crippen LogP) is 3.40. The smallest absolute Gasteiger partial charge is 0.413 e. The summed E-state index contributed by atoms with van der Waals surface area (Å²) in [6, 6.07) is 7.80. The summed E-state index contributed by atoms with van der Waals surface area (Å²) < 4.78 is 5.85. The van der Waals surface area contributed by atoms with Crippen LogP contribution in [0.4, 0.5) is 10.6 Å². The van der Waals surface area contributed by atoms with Crippen molar-refractivity contribution in [2.45, 2.75) is 77.0 Å². The van der Waals surface area contributed by atoms with Crippen molar-refractivity contribution < 1.29 is 23.9 Å². The zero-order valence-corrected chi connectivity index (χ0v) is 28.8. The lowest BCUT2D eigenvalue weighted by Gasteiger charge is -2.44. The first kappa shape index (κ1) is 33.2. The van der Waals surface area contributed by atoms with Gasteiger partial charge in [-0.15, -0.1) is 0 Å². The van der Waals surface area contributed by atoms with Crippen molar-refractivity contribution in [3.05, 3.63) is 58.3 Å². The van der Waals surface area contributed by atoms with Crippen LogP contribution >= 0.6 is 0 Å². The van der Waals surface area contributed by atoms with Gasteiger partial charge < -0.3 is 24.8 Å². The SMILES string of the molecule is CN[C@H](C)C(=O)N1CCC2(CCN(C(=O)[C@H](CC(=O)N3CCC4(CC3)OC(=O)Nc3ncccc34)Cc3cc(C)c4c(c3)C=NC4)C2)CC1. The summed E-state index contributed by atoms with van der Waals surface area (Å²) >= 11 is 0. The Morgan fingerprint density at radius 3 is 2.45 bits per heavy atom. The van der Waals surface area contributed by atoms with Crippen LogP contribution < -0.4 is 10.6 Å². The van der Waals surface area contributed by atoms with Gasteiger partial charge in [-0.05, 0) is 92.4 Å². The minimum Gasteiger partial charge on any atom is -0.437 e. The molecule has 1 aromatic carbocycles. The van der Waals surface area contributed by atoms with Gasteiger partial charge in [-0.3, -0.25) is 24.7 Å². The van der Waals surface area contributed by atoms with Crippen LogP contribution in [0.1, 0.15) is 73.3 Å². The average molecular weight is 670 g/mol. The van der Waals surface area contributed by atoms with E-state index in [0.29, 0.717) is 70.9 Å². The quantitative estimate of drug-likeness (QED) is 0.461. The van der Waals surface area contributed by atoms with Crippen molar-refractivity contribution in [3.8, 4) is 0 Å². The van der Waals surface area contributed by atoms with E-state index in [1.807, 2.05) is 40.0 Å². The van der Waals surface area contributed by atoms with Gasteiger partial charge >= 0.3 is 6.09 Å². The van der Waals surface area contributed by atoms with Crippen LogP contribution in [0.5, 0.6) is 0 Å². The van der Waals surface area contributed by atoms with Crippen molar-refractivity contribution in [2.75, 3.05) is 51.6 Å².